The van der Waals surface area contributed by atoms with Gasteiger partial charge in [0.2, 0.25) is 15.9 Å². The van der Waals surface area contributed by atoms with Crippen molar-refractivity contribution in [1.82, 2.24) is 4.31 Å². The van der Waals surface area contributed by atoms with Gasteiger partial charge in [0, 0.05) is 24.8 Å². The van der Waals surface area contributed by atoms with E-state index < -0.39 is 15.9 Å². The first-order valence-corrected chi connectivity index (χ1v) is 9.32. The van der Waals surface area contributed by atoms with Gasteiger partial charge in [-0.2, -0.15) is 5.26 Å². The van der Waals surface area contributed by atoms with Crippen LogP contribution in [0.2, 0.25) is 5.02 Å². The highest BCUT2D eigenvalue weighted by atomic mass is 35.5. The SMILES string of the molecule is CN(C)S(=O)(=O)c1cccc(NCC(=O)Nc2cc(Cl)ccc2C#N)c1. The maximum Gasteiger partial charge on any atom is 0.243 e. The summed E-state index contributed by atoms with van der Waals surface area (Å²) in [6.45, 7) is -0.108. The Balaban J connectivity index is 2.07. The molecule has 2 aromatic carbocycles. The summed E-state index contributed by atoms with van der Waals surface area (Å²) in [6.07, 6.45) is 0. The molecule has 0 spiro atoms. The standard InChI is InChI=1S/C17H17ClN4O3S/c1-22(2)26(24,25)15-5-3-4-14(9-15)20-11-17(23)21-16-8-13(18)7-6-12(16)10-19/h3-9,20H,11H2,1-2H3,(H,21,23). The molecule has 0 radical (unpaired) electrons. The average Bonchev–Trinajstić information content (AvgIpc) is 2.60. The molecule has 2 N–H and O–H groups in total. The second kappa shape index (κ2) is 8.19. The minimum atomic E-state index is -3.56. The first kappa shape index (κ1) is 19.7. The highest BCUT2D eigenvalue weighted by Crippen LogP contribution is 2.21. The Bertz CT molecular complexity index is 968. The molecule has 0 saturated heterocycles. The van der Waals surface area contributed by atoms with Crippen LogP contribution in [0.4, 0.5) is 11.4 Å². The fraction of sp³-hybridized carbons (Fsp3) is 0.176. The molecule has 0 saturated carbocycles. The number of benzene rings is 2. The Labute approximate surface area is 157 Å². The van der Waals surface area contributed by atoms with Gasteiger partial charge in [0.05, 0.1) is 22.7 Å². The smallest absolute Gasteiger partial charge is 0.243 e. The minimum Gasteiger partial charge on any atom is -0.376 e. The second-order valence-corrected chi connectivity index (χ2v) is 8.11. The monoisotopic (exact) mass is 392 g/mol. The molecule has 0 unspecified atom stereocenters. The molecule has 0 atom stereocenters. The number of nitrogens with zero attached hydrogens (tertiary/aromatic N) is 2. The molecule has 136 valence electrons. The van der Waals surface area contributed by atoms with Gasteiger partial charge in [-0.15, -0.1) is 0 Å². The summed E-state index contributed by atoms with van der Waals surface area (Å²) in [7, 11) is -0.668. The van der Waals surface area contributed by atoms with E-state index in [1.54, 1.807) is 18.2 Å². The van der Waals surface area contributed by atoms with E-state index in [-0.39, 0.29) is 11.4 Å². The molecular weight excluding hydrogens is 376 g/mol. The largest absolute Gasteiger partial charge is 0.376 e. The van der Waals surface area contributed by atoms with E-state index in [2.05, 4.69) is 10.6 Å². The lowest BCUT2D eigenvalue weighted by atomic mass is 10.2. The maximum atomic E-state index is 12.1. The van der Waals surface area contributed by atoms with Gasteiger partial charge < -0.3 is 10.6 Å². The van der Waals surface area contributed by atoms with Gasteiger partial charge in [-0.05, 0) is 36.4 Å². The molecule has 26 heavy (non-hydrogen) atoms. The number of carbonyl (C=O) groups excluding carboxylic acids is 1. The van der Waals surface area contributed by atoms with Crippen LogP contribution >= 0.6 is 11.6 Å². The summed E-state index contributed by atoms with van der Waals surface area (Å²) in [5.41, 5.74) is 1.09. The van der Waals surface area contributed by atoms with Gasteiger partial charge in [-0.3, -0.25) is 4.79 Å². The molecule has 0 aromatic heterocycles. The first-order chi connectivity index (χ1) is 12.2. The molecule has 2 rings (SSSR count). The normalized spacial score (nSPS) is 11.0. The summed E-state index contributed by atoms with van der Waals surface area (Å²) < 4.78 is 25.4. The Morgan fingerprint density at radius 3 is 2.62 bits per heavy atom. The van der Waals surface area contributed by atoms with E-state index in [1.165, 1.54) is 38.4 Å². The van der Waals surface area contributed by atoms with E-state index in [0.717, 1.165) is 4.31 Å². The van der Waals surface area contributed by atoms with Crippen LogP contribution in [-0.4, -0.2) is 39.3 Å². The minimum absolute atomic E-state index is 0.108. The van der Waals surface area contributed by atoms with Gasteiger partial charge in [-0.25, -0.2) is 12.7 Å². The lowest BCUT2D eigenvalue weighted by Crippen LogP contribution is -2.23. The summed E-state index contributed by atoms with van der Waals surface area (Å²) in [6, 6.07) is 12.7. The van der Waals surface area contributed by atoms with Crippen molar-refractivity contribution in [2.45, 2.75) is 4.90 Å². The fourth-order valence-corrected chi connectivity index (χ4v) is 3.19. The van der Waals surface area contributed by atoms with Crippen molar-refractivity contribution in [3.05, 3.63) is 53.1 Å². The number of rotatable bonds is 6. The molecule has 0 aliphatic heterocycles. The zero-order valence-electron chi connectivity index (χ0n) is 14.2. The molecule has 0 heterocycles. The summed E-state index contributed by atoms with van der Waals surface area (Å²) in [5.74, 6) is -0.398. The Morgan fingerprint density at radius 2 is 1.96 bits per heavy atom. The molecule has 0 aliphatic rings. The van der Waals surface area contributed by atoms with Crippen LogP contribution in [0.25, 0.3) is 0 Å². The van der Waals surface area contributed by atoms with Gasteiger partial charge in [0.25, 0.3) is 0 Å². The van der Waals surface area contributed by atoms with Crippen molar-refractivity contribution in [2.75, 3.05) is 31.3 Å². The van der Waals surface area contributed by atoms with Crippen LogP contribution in [0.5, 0.6) is 0 Å². The second-order valence-electron chi connectivity index (χ2n) is 5.52. The van der Waals surface area contributed by atoms with Gasteiger partial charge in [-0.1, -0.05) is 17.7 Å². The van der Waals surface area contributed by atoms with E-state index in [1.807, 2.05) is 6.07 Å². The third-order valence-corrected chi connectivity index (χ3v) is 5.49. The number of carbonyl (C=O) groups is 1. The quantitative estimate of drug-likeness (QED) is 0.786. The van der Waals surface area contributed by atoms with Crippen LogP contribution in [0.3, 0.4) is 0 Å². The number of hydrogen-bond donors (Lipinski definition) is 2. The van der Waals surface area contributed by atoms with Crippen LogP contribution in [-0.2, 0) is 14.8 Å². The van der Waals surface area contributed by atoms with Crippen molar-refractivity contribution in [3.8, 4) is 6.07 Å². The van der Waals surface area contributed by atoms with Gasteiger partial charge in [0.15, 0.2) is 0 Å². The molecular formula is C17H17ClN4O3S. The van der Waals surface area contributed by atoms with Crippen LogP contribution in [0.15, 0.2) is 47.4 Å². The van der Waals surface area contributed by atoms with E-state index in [0.29, 0.717) is 22.0 Å². The summed E-state index contributed by atoms with van der Waals surface area (Å²) in [4.78, 5) is 12.2. The Hall–Kier alpha value is -2.60. The maximum absolute atomic E-state index is 12.1. The molecule has 7 nitrogen and oxygen atoms in total. The van der Waals surface area contributed by atoms with Crippen LogP contribution in [0, 0.1) is 11.3 Å². The van der Waals surface area contributed by atoms with Gasteiger partial charge >= 0.3 is 0 Å². The predicted molar refractivity (Wildman–Crippen MR) is 101 cm³/mol. The Morgan fingerprint density at radius 1 is 1.23 bits per heavy atom. The highest BCUT2D eigenvalue weighted by molar-refractivity contribution is 7.89. The average molecular weight is 393 g/mol. The fourth-order valence-electron chi connectivity index (χ4n) is 2.07. The molecule has 9 heteroatoms. The molecule has 0 bridgehead atoms. The zero-order valence-corrected chi connectivity index (χ0v) is 15.7. The molecule has 0 aliphatic carbocycles. The lowest BCUT2D eigenvalue weighted by molar-refractivity contribution is -0.114. The van der Waals surface area contributed by atoms with Crippen LogP contribution < -0.4 is 10.6 Å². The molecule has 0 fully saturated rings. The number of anilines is 2. The van der Waals surface area contributed by atoms with Gasteiger partial charge in [0.1, 0.15) is 6.07 Å². The molecule has 2 aromatic rings. The number of hydrogen-bond acceptors (Lipinski definition) is 5. The number of nitriles is 1. The number of amides is 1. The van der Waals surface area contributed by atoms with Crippen molar-refractivity contribution >= 4 is 38.9 Å². The zero-order chi connectivity index (χ0) is 19.3. The first-order valence-electron chi connectivity index (χ1n) is 7.50. The third kappa shape index (κ3) is 4.73. The topological polar surface area (TPSA) is 102 Å². The van der Waals surface area contributed by atoms with Crippen molar-refractivity contribution < 1.29 is 13.2 Å². The van der Waals surface area contributed by atoms with Crippen molar-refractivity contribution in [3.63, 3.8) is 0 Å². The number of sulfonamides is 1. The molecule has 1 amide bonds. The van der Waals surface area contributed by atoms with Crippen molar-refractivity contribution in [2.24, 2.45) is 0 Å². The predicted octanol–water partition coefficient (Wildman–Crippen LogP) is 2.51. The van der Waals surface area contributed by atoms with Crippen LogP contribution in [0.1, 0.15) is 5.56 Å². The van der Waals surface area contributed by atoms with E-state index >= 15 is 0 Å². The van der Waals surface area contributed by atoms with Crippen molar-refractivity contribution in [1.29, 1.82) is 5.26 Å². The summed E-state index contributed by atoms with van der Waals surface area (Å²) in [5, 5.41) is 14.9. The lowest BCUT2D eigenvalue weighted by Gasteiger charge is -2.13. The number of nitrogens with one attached hydrogen (secondary N) is 2. The number of halogens is 1. The highest BCUT2D eigenvalue weighted by Gasteiger charge is 2.17. The van der Waals surface area contributed by atoms with E-state index in [4.69, 9.17) is 16.9 Å². The summed E-state index contributed by atoms with van der Waals surface area (Å²) >= 11 is 5.88. The van der Waals surface area contributed by atoms with E-state index in [9.17, 15) is 13.2 Å². The third-order valence-electron chi connectivity index (χ3n) is 3.44. The Kier molecular flexibility index (Phi) is 6.21.